The summed E-state index contributed by atoms with van der Waals surface area (Å²) in [6, 6.07) is 8.09. The summed E-state index contributed by atoms with van der Waals surface area (Å²) < 4.78 is 44.5. The smallest absolute Gasteiger partial charge is 0.255 e. The van der Waals surface area contributed by atoms with E-state index in [1.54, 1.807) is 24.3 Å². The Bertz CT molecular complexity index is 797. The zero-order chi connectivity index (χ0) is 18.4. The van der Waals surface area contributed by atoms with Crippen LogP contribution in [0.15, 0.2) is 36.4 Å². The van der Waals surface area contributed by atoms with Gasteiger partial charge in [0, 0.05) is 13.1 Å². The molecule has 2 amide bonds. The van der Waals surface area contributed by atoms with Crippen LogP contribution in [0.2, 0.25) is 0 Å². The zero-order valence-electron chi connectivity index (χ0n) is 13.2. The molecule has 0 fully saturated rings. The monoisotopic (exact) mass is 352 g/mol. The summed E-state index contributed by atoms with van der Waals surface area (Å²) in [6.45, 7) is 0.0199. The molecule has 2 N–H and O–H groups in total. The topological polar surface area (TPSA) is 67.4 Å². The SMILES string of the molecule is COc1ccccc1C(=O)NCCNC(=O)c1ccc(F)c(F)c1F. The number of halogens is 3. The Morgan fingerprint density at radius 1 is 0.880 bits per heavy atom. The Morgan fingerprint density at radius 2 is 1.48 bits per heavy atom. The van der Waals surface area contributed by atoms with E-state index >= 15 is 0 Å². The van der Waals surface area contributed by atoms with Gasteiger partial charge in [-0.3, -0.25) is 9.59 Å². The van der Waals surface area contributed by atoms with Crippen molar-refractivity contribution in [2.24, 2.45) is 0 Å². The van der Waals surface area contributed by atoms with Crippen LogP contribution >= 0.6 is 0 Å². The van der Waals surface area contributed by atoms with E-state index in [2.05, 4.69) is 10.6 Å². The normalized spacial score (nSPS) is 10.2. The lowest BCUT2D eigenvalue weighted by molar-refractivity contribution is 0.0923. The van der Waals surface area contributed by atoms with Crippen LogP contribution in [0.25, 0.3) is 0 Å². The number of carbonyl (C=O) groups excluding carboxylic acids is 2. The molecule has 132 valence electrons. The standard InChI is InChI=1S/C17H15F3N2O3/c1-25-13-5-3-2-4-10(13)16(23)21-8-9-22-17(24)11-6-7-12(18)15(20)14(11)19/h2-7H,8-9H2,1H3,(H,21,23)(H,22,24). The zero-order valence-corrected chi connectivity index (χ0v) is 13.2. The first-order chi connectivity index (χ1) is 12.0. The van der Waals surface area contributed by atoms with Crippen LogP contribution in [0.3, 0.4) is 0 Å². The summed E-state index contributed by atoms with van der Waals surface area (Å²) in [7, 11) is 1.43. The second-order valence-electron chi connectivity index (χ2n) is 4.93. The van der Waals surface area contributed by atoms with Crippen LogP contribution in [-0.2, 0) is 0 Å². The van der Waals surface area contributed by atoms with Crippen molar-refractivity contribution in [3.05, 3.63) is 65.0 Å². The predicted octanol–water partition coefficient (Wildman–Crippen LogP) is 2.27. The first-order valence-corrected chi connectivity index (χ1v) is 7.28. The van der Waals surface area contributed by atoms with Crippen molar-refractivity contribution in [1.29, 1.82) is 0 Å². The van der Waals surface area contributed by atoms with E-state index in [9.17, 15) is 22.8 Å². The van der Waals surface area contributed by atoms with Crippen LogP contribution in [-0.4, -0.2) is 32.0 Å². The number of ether oxygens (including phenoxy) is 1. The fraction of sp³-hybridized carbons (Fsp3) is 0.176. The molecule has 8 heteroatoms. The molecular formula is C17H15F3N2O3. The van der Waals surface area contributed by atoms with Gasteiger partial charge < -0.3 is 15.4 Å². The van der Waals surface area contributed by atoms with Gasteiger partial charge in [-0.05, 0) is 24.3 Å². The maximum atomic E-state index is 13.5. The molecule has 0 aliphatic heterocycles. The molecule has 0 aromatic heterocycles. The number of hydrogen-bond acceptors (Lipinski definition) is 3. The molecule has 0 saturated carbocycles. The van der Waals surface area contributed by atoms with E-state index in [0.29, 0.717) is 17.4 Å². The van der Waals surface area contributed by atoms with Crippen molar-refractivity contribution in [2.75, 3.05) is 20.2 Å². The van der Waals surface area contributed by atoms with Crippen molar-refractivity contribution in [2.45, 2.75) is 0 Å². The third-order valence-electron chi connectivity index (χ3n) is 3.33. The minimum atomic E-state index is -1.71. The van der Waals surface area contributed by atoms with Gasteiger partial charge in [0.15, 0.2) is 17.5 Å². The van der Waals surface area contributed by atoms with E-state index in [0.717, 1.165) is 6.07 Å². The number of rotatable bonds is 6. The van der Waals surface area contributed by atoms with Crippen LogP contribution in [0, 0.1) is 17.5 Å². The van der Waals surface area contributed by atoms with E-state index in [-0.39, 0.29) is 13.1 Å². The fourth-order valence-electron chi connectivity index (χ4n) is 2.08. The van der Waals surface area contributed by atoms with Gasteiger partial charge in [-0.2, -0.15) is 0 Å². The predicted molar refractivity (Wildman–Crippen MR) is 84.0 cm³/mol. The van der Waals surface area contributed by atoms with Gasteiger partial charge in [0.2, 0.25) is 0 Å². The third kappa shape index (κ3) is 4.28. The summed E-state index contributed by atoms with van der Waals surface area (Å²) in [5, 5.41) is 4.86. The summed E-state index contributed by atoms with van der Waals surface area (Å²) in [5.41, 5.74) is -0.294. The second-order valence-corrected chi connectivity index (χ2v) is 4.93. The molecule has 0 aliphatic carbocycles. The Hall–Kier alpha value is -3.03. The highest BCUT2D eigenvalue weighted by Crippen LogP contribution is 2.17. The molecule has 0 atom stereocenters. The molecule has 0 aliphatic rings. The first kappa shape index (κ1) is 18.3. The Morgan fingerprint density at radius 3 is 2.12 bits per heavy atom. The van der Waals surface area contributed by atoms with E-state index in [4.69, 9.17) is 4.74 Å². The lowest BCUT2D eigenvalue weighted by Gasteiger charge is -2.10. The average molecular weight is 352 g/mol. The first-order valence-electron chi connectivity index (χ1n) is 7.28. The second kappa shape index (κ2) is 8.18. The van der Waals surface area contributed by atoms with Gasteiger partial charge in [-0.25, -0.2) is 13.2 Å². The van der Waals surface area contributed by atoms with Gasteiger partial charge in [0.1, 0.15) is 5.75 Å². The number of amides is 2. The molecule has 2 aromatic carbocycles. The van der Waals surface area contributed by atoms with Crippen LogP contribution in [0.5, 0.6) is 5.75 Å². The maximum absolute atomic E-state index is 13.5. The molecule has 5 nitrogen and oxygen atoms in total. The van der Waals surface area contributed by atoms with Gasteiger partial charge >= 0.3 is 0 Å². The number of para-hydroxylation sites is 1. The van der Waals surface area contributed by atoms with Gasteiger partial charge in [0.25, 0.3) is 11.8 Å². The number of benzene rings is 2. The molecule has 2 rings (SSSR count). The number of nitrogens with one attached hydrogen (secondary N) is 2. The highest BCUT2D eigenvalue weighted by molar-refractivity contribution is 5.97. The molecule has 25 heavy (non-hydrogen) atoms. The lowest BCUT2D eigenvalue weighted by atomic mass is 10.2. The fourth-order valence-corrected chi connectivity index (χ4v) is 2.08. The summed E-state index contributed by atoms with van der Waals surface area (Å²) in [4.78, 5) is 23.8. The third-order valence-corrected chi connectivity index (χ3v) is 3.33. The van der Waals surface area contributed by atoms with Crippen molar-refractivity contribution in [3.8, 4) is 5.75 Å². The van der Waals surface area contributed by atoms with Crippen molar-refractivity contribution < 1.29 is 27.5 Å². The van der Waals surface area contributed by atoms with Gasteiger partial charge in [-0.1, -0.05) is 12.1 Å². The summed E-state index contributed by atoms with van der Waals surface area (Å²) in [6.07, 6.45) is 0. The molecule has 0 spiro atoms. The number of carbonyl (C=O) groups is 2. The molecular weight excluding hydrogens is 337 g/mol. The van der Waals surface area contributed by atoms with Crippen LogP contribution < -0.4 is 15.4 Å². The van der Waals surface area contributed by atoms with Gasteiger partial charge in [-0.15, -0.1) is 0 Å². The molecule has 2 aromatic rings. The Kier molecular flexibility index (Phi) is 5.99. The largest absolute Gasteiger partial charge is 0.496 e. The Balaban J connectivity index is 1.88. The molecule has 0 heterocycles. The van der Waals surface area contributed by atoms with Crippen molar-refractivity contribution >= 4 is 11.8 Å². The van der Waals surface area contributed by atoms with Gasteiger partial charge in [0.05, 0.1) is 18.2 Å². The van der Waals surface area contributed by atoms with Crippen molar-refractivity contribution in [1.82, 2.24) is 10.6 Å². The van der Waals surface area contributed by atoms with E-state index in [1.165, 1.54) is 7.11 Å². The minimum Gasteiger partial charge on any atom is -0.496 e. The molecule has 0 unspecified atom stereocenters. The quantitative estimate of drug-likeness (QED) is 0.619. The van der Waals surface area contributed by atoms with Crippen LogP contribution in [0.1, 0.15) is 20.7 Å². The van der Waals surface area contributed by atoms with Crippen molar-refractivity contribution in [3.63, 3.8) is 0 Å². The van der Waals surface area contributed by atoms with E-state index in [1.807, 2.05) is 0 Å². The molecule has 0 saturated heterocycles. The number of methoxy groups -OCH3 is 1. The highest BCUT2D eigenvalue weighted by Gasteiger charge is 2.18. The lowest BCUT2D eigenvalue weighted by Crippen LogP contribution is -2.35. The maximum Gasteiger partial charge on any atom is 0.255 e. The van der Waals surface area contributed by atoms with Crippen LogP contribution in [0.4, 0.5) is 13.2 Å². The average Bonchev–Trinajstić information content (AvgIpc) is 2.63. The summed E-state index contributed by atoms with van der Waals surface area (Å²) >= 11 is 0. The summed E-state index contributed by atoms with van der Waals surface area (Å²) in [5.74, 6) is -5.58. The number of hydrogen-bond donors (Lipinski definition) is 2. The minimum absolute atomic E-state index is 0.0296. The van der Waals surface area contributed by atoms with E-state index < -0.39 is 34.8 Å². The highest BCUT2D eigenvalue weighted by atomic mass is 19.2. The molecule has 0 bridgehead atoms. The molecule has 0 radical (unpaired) electrons. The Labute approximate surface area is 141 Å².